The molecule has 2 N–H and O–H groups in total. The van der Waals surface area contributed by atoms with Gasteiger partial charge in [-0.05, 0) is 30.3 Å². The highest BCUT2D eigenvalue weighted by molar-refractivity contribution is 6.07. The minimum atomic E-state index is -0.476. The van der Waals surface area contributed by atoms with Gasteiger partial charge in [0.15, 0.2) is 5.82 Å². The summed E-state index contributed by atoms with van der Waals surface area (Å²) in [5.74, 6) is -0.119. The van der Waals surface area contributed by atoms with E-state index in [2.05, 4.69) is 15.6 Å². The number of nitro benzene ring substituents is 1. The van der Waals surface area contributed by atoms with Crippen molar-refractivity contribution in [1.82, 2.24) is 9.55 Å². The van der Waals surface area contributed by atoms with Crippen molar-refractivity contribution in [3.05, 3.63) is 82.4 Å². The molecule has 0 saturated carbocycles. The zero-order valence-electron chi connectivity index (χ0n) is 15.7. The monoisotopic (exact) mass is 393 g/mol. The van der Waals surface area contributed by atoms with Crippen LogP contribution < -0.4 is 10.6 Å². The summed E-state index contributed by atoms with van der Waals surface area (Å²) in [6, 6.07) is 12.8. The first-order valence-electron chi connectivity index (χ1n) is 8.85. The number of nitrogens with one attached hydrogen (secondary N) is 2. The molecule has 0 radical (unpaired) electrons. The number of nitro groups is 1. The SMILES string of the molecule is Cn1ccnc1C(=O)c1ccc(NC(=O)CCNc2ccccc2[N+](=O)[O-])cc1. The van der Waals surface area contributed by atoms with Gasteiger partial charge in [0.1, 0.15) is 5.69 Å². The molecule has 148 valence electrons. The third-order valence-electron chi connectivity index (χ3n) is 4.22. The van der Waals surface area contributed by atoms with Crippen LogP contribution in [0.2, 0.25) is 0 Å². The minimum Gasteiger partial charge on any atom is -0.379 e. The smallest absolute Gasteiger partial charge is 0.292 e. The third kappa shape index (κ3) is 4.83. The first kappa shape index (κ1) is 19.7. The Labute approximate surface area is 166 Å². The maximum absolute atomic E-state index is 12.4. The van der Waals surface area contributed by atoms with E-state index >= 15 is 0 Å². The Morgan fingerprint density at radius 1 is 1.14 bits per heavy atom. The van der Waals surface area contributed by atoms with Crippen molar-refractivity contribution in [3.63, 3.8) is 0 Å². The highest BCUT2D eigenvalue weighted by Gasteiger charge is 2.14. The molecular weight excluding hydrogens is 374 g/mol. The molecule has 0 aliphatic carbocycles. The van der Waals surface area contributed by atoms with Gasteiger partial charge in [-0.25, -0.2) is 4.98 Å². The maximum atomic E-state index is 12.4. The Kier molecular flexibility index (Phi) is 5.98. The van der Waals surface area contributed by atoms with E-state index in [1.165, 1.54) is 6.07 Å². The van der Waals surface area contributed by atoms with Gasteiger partial charge in [-0.1, -0.05) is 12.1 Å². The number of ketones is 1. The molecule has 0 fully saturated rings. The van der Waals surface area contributed by atoms with Gasteiger partial charge in [0.2, 0.25) is 11.7 Å². The molecule has 0 aliphatic rings. The number of benzene rings is 2. The van der Waals surface area contributed by atoms with Gasteiger partial charge in [0, 0.05) is 49.7 Å². The van der Waals surface area contributed by atoms with E-state index < -0.39 is 4.92 Å². The quantitative estimate of drug-likeness (QED) is 0.345. The van der Waals surface area contributed by atoms with E-state index in [4.69, 9.17) is 0 Å². The second-order valence-corrected chi connectivity index (χ2v) is 6.27. The van der Waals surface area contributed by atoms with Gasteiger partial charge in [-0.3, -0.25) is 19.7 Å². The van der Waals surface area contributed by atoms with Crippen molar-refractivity contribution in [2.45, 2.75) is 6.42 Å². The fraction of sp³-hybridized carbons (Fsp3) is 0.150. The number of para-hydroxylation sites is 2. The number of carbonyl (C=O) groups is 2. The van der Waals surface area contributed by atoms with Crippen molar-refractivity contribution < 1.29 is 14.5 Å². The van der Waals surface area contributed by atoms with Crippen molar-refractivity contribution in [2.24, 2.45) is 7.05 Å². The predicted octanol–water partition coefficient (Wildman–Crippen LogP) is 3.00. The van der Waals surface area contributed by atoms with Crippen molar-refractivity contribution in [3.8, 4) is 0 Å². The van der Waals surface area contributed by atoms with E-state index in [1.54, 1.807) is 66.5 Å². The van der Waals surface area contributed by atoms with Crippen LogP contribution in [0.4, 0.5) is 17.1 Å². The molecule has 9 nitrogen and oxygen atoms in total. The maximum Gasteiger partial charge on any atom is 0.292 e. The second kappa shape index (κ2) is 8.79. The number of carbonyl (C=O) groups excluding carboxylic acids is 2. The summed E-state index contributed by atoms with van der Waals surface area (Å²) < 4.78 is 1.64. The van der Waals surface area contributed by atoms with Gasteiger partial charge < -0.3 is 15.2 Å². The fourth-order valence-electron chi connectivity index (χ4n) is 2.73. The molecule has 0 aliphatic heterocycles. The molecule has 1 amide bonds. The molecule has 0 unspecified atom stereocenters. The van der Waals surface area contributed by atoms with Gasteiger partial charge in [-0.2, -0.15) is 0 Å². The zero-order valence-corrected chi connectivity index (χ0v) is 15.7. The molecule has 1 heterocycles. The van der Waals surface area contributed by atoms with Crippen LogP contribution in [0.5, 0.6) is 0 Å². The van der Waals surface area contributed by atoms with Crippen LogP contribution in [0.1, 0.15) is 22.6 Å². The van der Waals surface area contributed by atoms with E-state index in [0.717, 1.165) is 0 Å². The molecule has 0 saturated heterocycles. The van der Waals surface area contributed by atoms with Crippen LogP contribution in [-0.2, 0) is 11.8 Å². The Hall–Kier alpha value is -4.01. The minimum absolute atomic E-state index is 0.0409. The van der Waals surface area contributed by atoms with E-state index in [9.17, 15) is 19.7 Å². The number of anilines is 2. The van der Waals surface area contributed by atoms with Crippen LogP contribution in [0, 0.1) is 10.1 Å². The lowest BCUT2D eigenvalue weighted by atomic mass is 10.1. The summed E-state index contributed by atoms with van der Waals surface area (Å²) in [4.78, 5) is 39.0. The molecular formula is C20H19N5O4. The number of nitrogens with zero attached hydrogens (tertiary/aromatic N) is 3. The number of hydrogen-bond acceptors (Lipinski definition) is 6. The predicted molar refractivity (Wildman–Crippen MR) is 108 cm³/mol. The third-order valence-corrected chi connectivity index (χ3v) is 4.22. The Balaban J connectivity index is 1.53. The van der Waals surface area contributed by atoms with Crippen LogP contribution in [-0.4, -0.2) is 32.7 Å². The van der Waals surface area contributed by atoms with E-state index in [-0.39, 0.29) is 30.3 Å². The number of hydrogen-bond donors (Lipinski definition) is 2. The average molecular weight is 393 g/mol. The highest BCUT2D eigenvalue weighted by atomic mass is 16.6. The molecule has 29 heavy (non-hydrogen) atoms. The summed E-state index contributed by atoms with van der Waals surface area (Å²) >= 11 is 0. The number of aryl methyl sites for hydroxylation is 1. The van der Waals surface area contributed by atoms with E-state index in [1.807, 2.05) is 0 Å². The summed E-state index contributed by atoms with van der Waals surface area (Å²) in [6.07, 6.45) is 3.37. The molecule has 3 rings (SSSR count). The van der Waals surface area contributed by atoms with Crippen LogP contribution in [0.3, 0.4) is 0 Å². The second-order valence-electron chi connectivity index (χ2n) is 6.27. The summed E-state index contributed by atoms with van der Waals surface area (Å²) in [5.41, 5.74) is 1.34. The summed E-state index contributed by atoms with van der Waals surface area (Å²) in [7, 11) is 1.74. The lowest BCUT2D eigenvalue weighted by molar-refractivity contribution is -0.384. The molecule has 0 atom stereocenters. The lowest BCUT2D eigenvalue weighted by Crippen LogP contribution is -2.16. The molecule has 0 spiro atoms. The fourth-order valence-corrected chi connectivity index (χ4v) is 2.73. The number of aromatic nitrogens is 2. The van der Waals surface area contributed by atoms with Crippen molar-refractivity contribution in [2.75, 3.05) is 17.2 Å². The summed E-state index contributed by atoms with van der Waals surface area (Å²) in [6.45, 7) is 0.242. The molecule has 3 aromatic rings. The van der Waals surface area contributed by atoms with Gasteiger partial charge >= 0.3 is 0 Å². The van der Waals surface area contributed by atoms with Crippen LogP contribution in [0.25, 0.3) is 0 Å². The van der Waals surface area contributed by atoms with E-state index in [0.29, 0.717) is 22.8 Å². The largest absolute Gasteiger partial charge is 0.379 e. The van der Waals surface area contributed by atoms with Gasteiger partial charge in [0.25, 0.3) is 5.69 Å². The van der Waals surface area contributed by atoms with Gasteiger partial charge in [0.05, 0.1) is 4.92 Å². The highest BCUT2D eigenvalue weighted by Crippen LogP contribution is 2.23. The zero-order chi connectivity index (χ0) is 20.8. The number of amides is 1. The first-order chi connectivity index (χ1) is 14.0. The number of rotatable bonds is 8. The Morgan fingerprint density at radius 3 is 2.52 bits per heavy atom. The lowest BCUT2D eigenvalue weighted by Gasteiger charge is -2.08. The first-order valence-corrected chi connectivity index (χ1v) is 8.85. The molecule has 9 heteroatoms. The van der Waals surface area contributed by atoms with Crippen molar-refractivity contribution >= 4 is 28.8 Å². The molecule has 0 bridgehead atoms. The molecule has 2 aromatic carbocycles. The van der Waals surface area contributed by atoms with Crippen LogP contribution in [0.15, 0.2) is 60.9 Å². The molecule has 1 aromatic heterocycles. The Morgan fingerprint density at radius 2 is 1.86 bits per heavy atom. The van der Waals surface area contributed by atoms with Crippen LogP contribution >= 0.6 is 0 Å². The standard InChI is InChI=1S/C20H19N5O4/c1-24-13-12-22-20(24)19(27)14-6-8-15(9-7-14)23-18(26)10-11-21-16-4-2-3-5-17(16)25(28)29/h2-9,12-13,21H,10-11H2,1H3,(H,23,26). The number of imidazole rings is 1. The van der Waals surface area contributed by atoms with Crippen molar-refractivity contribution in [1.29, 1.82) is 0 Å². The average Bonchev–Trinajstić information content (AvgIpc) is 3.14. The Bertz CT molecular complexity index is 1040. The van der Waals surface area contributed by atoms with Gasteiger partial charge in [-0.15, -0.1) is 0 Å². The summed E-state index contributed by atoms with van der Waals surface area (Å²) in [5, 5.41) is 16.6. The topological polar surface area (TPSA) is 119 Å². The normalized spacial score (nSPS) is 10.4.